The molecule has 0 atom stereocenters. The third kappa shape index (κ3) is 5.57. The summed E-state index contributed by atoms with van der Waals surface area (Å²) in [5.41, 5.74) is 2.32. The van der Waals surface area contributed by atoms with Gasteiger partial charge >= 0.3 is 5.97 Å². The smallest absolute Gasteiger partial charge is 0.310 e. The number of carbonyl (C=O) groups excluding carboxylic acids is 1. The Balaban J connectivity index is 2.11. The molecule has 0 heterocycles. The molecule has 2 aromatic carbocycles. The summed E-state index contributed by atoms with van der Waals surface area (Å²) in [6.45, 7) is 8.47. The first-order valence-corrected chi connectivity index (χ1v) is 10.5. The van der Waals surface area contributed by atoms with Crippen molar-refractivity contribution in [3.05, 3.63) is 59.7 Å². The average molecular weight is 390 g/mol. The third-order valence-electron chi connectivity index (χ3n) is 4.69. The molecule has 0 aromatic heterocycles. The molecular formula is C21H27NO4S. The highest BCUT2D eigenvalue weighted by atomic mass is 32.2. The fourth-order valence-corrected chi connectivity index (χ4v) is 3.63. The van der Waals surface area contributed by atoms with Gasteiger partial charge < -0.3 is 4.74 Å². The van der Waals surface area contributed by atoms with Crippen LogP contribution in [0, 0.1) is 0 Å². The van der Waals surface area contributed by atoms with E-state index in [1.807, 2.05) is 12.1 Å². The minimum Gasteiger partial charge on any atom is -0.466 e. The molecule has 0 unspecified atom stereocenters. The van der Waals surface area contributed by atoms with Gasteiger partial charge in [-0.15, -0.1) is 0 Å². The largest absolute Gasteiger partial charge is 0.466 e. The first kappa shape index (κ1) is 21.0. The zero-order chi connectivity index (χ0) is 20.1. The standard InChI is InChI=1S/C21H27NO4S/c1-5-21(3,4)17-9-13-19(14-10-17)27(24,25)22-18-11-7-16(8-12-18)15-20(23)26-6-2/h7-14,22H,5-6,15H2,1-4H3. The van der Waals surface area contributed by atoms with Crippen LogP contribution in [-0.4, -0.2) is 21.0 Å². The second kappa shape index (κ2) is 8.57. The lowest BCUT2D eigenvalue weighted by Crippen LogP contribution is -2.17. The van der Waals surface area contributed by atoms with Crippen molar-refractivity contribution in [1.29, 1.82) is 0 Å². The predicted octanol–water partition coefficient (Wildman–Crippen LogP) is 4.28. The Morgan fingerprint density at radius 1 is 1.00 bits per heavy atom. The Bertz CT molecular complexity index is 869. The first-order chi connectivity index (χ1) is 12.7. The van der Waals surface area contributed by atoms with Crippen LogP contribution in [0.2, 0.25) is 0 Å². The lowest BCUT2D eigenvalue weighted by Gasteiger charge is -2.23. The van der Waals surface area contributed by atoms with E-state index in [9.17, 15) is 13.2 Å². The summed E-state index contributed by atoms with van der Waals surface area (Å²) in [4.78, 5) is 11.7. The Labute approximate surface area is 161 Å². The lowest BCUT2D eigenvalue weighted by molar-refractivity contribution is -0.142. The minimum absolute atomic E-state index is 0.00444. The van der Waals surface area contributed by atoms with Crippen molar-refractivity contribution < 1.29 is 17.9 Å². The van der Waals surface area contributed by atoms with Crippen LogP contribution in [0.15, 0.2) is 53.4 Å². The highest BCUT2D eigenvalue weighted by Crippen LogP contribution is 2.27. The molecule has 146 valence electrons. The molecule has 2 aromatic rings. The molecule has 5 nitrogen and oxygen atoms in total. The summed E-state index contributed by atoms with van der Waals surface area (Å²) in [6, 6.07) is 13.7. The maximum absolute atomic E-state index is 12.6. The maximum Gasteiger partial charge on any atom is 0.310 e. The van der Waals surface area contributed by atoms with Crippen molar-refractivity contribution in [2.45, 2.75) is 50.8 Å². The van der Waals surface area contributed by atoms with E-state index in [4.69, 9.17) is 4.74 Å². The Kier molecular flexibility index (Phi) is 6.65. The van der Waals surface area contributed by atoms with E-state index >= 15 is 0 Å². The molecule has 0 fully saturated rings. The van der Waals surface area contributed by atoms with Gasteiger partial charge in [0.05, 0.1) is 17.9 Å². The van der Waals surface area contributed by atoms with Gasteiger partial charge in [-0.25, -0.2) is 8.42 Å². The number of ether oxygens (including phenoxy) is 1. The summed E-state index contributed by atoms with van der Waals surface area (Å²) >= 11 is 0. The van der Waals surface area contributed by atoms with Crippen LogP contribution >= 0.6 is 0 Å². The second-order valence-electron chi connectivity index (χ2n) is 7.05. The summed E-state index contributed by atoms with van der Waals surface area (Å²) < 4.78 is 32.7. The number of nitrogens with one attached hydrogen (secondary N) is 1. The van der Waals surface area contributed by atoms with Crippen molar-refractivity contribution in [2.24, 2.45) is 0 Å². The van der Waals surface area contributed by atoms with E-state index in [1.165, 1.54) is 0 Å². The zero-order valence-corrected chi connectivity index (χ0v) is 17.1. The van der Waals surface area contributed by atoms with E-state index in [0.29, 0.717) is 12.3 Å². The molecule has 0 bridgehead atoms. The molecule has 1 N–H and O–H groups in total. The van der Waals surface area contributed by atoms with Gasteiger partial charge in [0.1, 0.15) is 0 Å². The number of carbonyl (C=O) groups is 1. The van der Waals surface area contributed by atoms with Crippen molar-refractivity contribution >= 4 is 21.7 Å². The molecule has 0 aliphatic rings. The molecule has 2 rings (SSSR count). The molecule has 0 spiro atoms. The molecule has 0 aliphatic carbocycles. The monoisotopic (exact) mass is 389 g/mol. The van der Waals surface area contributed by atoms with Crippen molar-refractivity contribution in [3.8, 4) is 0 Å². The summed E-state index contributed by atoms with van der Waals surface area (Å²) in [5, 5.41) is 0. The van der Waals surface area contributed by atoms with Crippen LogP contribution in [0.3, 0.4) is 0 Å². The fraction of sp³-hybridized carbons (Fsp3) is 0.381. The van der Waals surface area contributed by atoms with Crippen molar-refractivity contribution in [1.82, 2.24) is 0 Å². The average Bonchev–Trinajstić information content (AvgIpc) is 2.63. The highest BCUT2D eigenvalue weighted by molar-refractivity contribution is 7.92. The minimum atomic E-state index is -3.67. The van der Waals surface area contributed by atoms with Gasteiger partial charge in [-0.05, 0) is 54.2 Å². The van der Waals surface area contributed by atoms with Gasteiger partial charge in [-0.3, -0.25) is 9.52 Å². The van der Waals surface area contributed by atoms with E-state index < -0.39 is 10.0 Å². The number of esters is 1. The number of hydrogen-bond acceptors (Lipinski definition) is 4. The van der Waals surface area contributed by atoms with Gasteiger partial charge in [0.15, 0.2) is 0 Å². The third-order valence-corrected chi connectivity index (χ3v) is 6.09. The molecule has 0 saturated carbocycles. The van der Waals surface area contributed by atoms with Crippen LogP contribution in [0.4, 0.5) is 5.69 Å². The predicted molar refractivity (Wildman–Crippen MR) is 107 cm³/mol. The van der Waals surface area contributed by atoms with Gasteiger partial charge in [0, 0.05) is 5.69 Å². The van der Waals surface area contributed by atoms with E-state index in [0.717, 1.165) is 17.5 Å². The summed E-state index contributed by atoms with van der Waals surface area (Å²) in [6.07, 6.45) is 1.13. The Morgan fingerprint density at radius 3 is 2.11 bits per heavy atom. The lowest BCUT2D eigenvalue weighted by atomic mass is 9.82. The number of rotatable bonds is 8. The van der Waals surface area contributed by atoms with Gasteiger partial charge in [0.25, 0.3) is 10.0 Å². The second-order valence-corrected chi connectivity index (χ2v) is 8.73. The summed E-state index contributed by atoms with van der Waals surface area (Å²) in [7, 11) is -3.67. The highest BCUT2D eigenvalue weighted by Gasteiger charge is 2.20. The molecule has 27 heavy (non-hydrogen) atoms. The molecular weight excluding hydrogens is 362 g/mol. The van der Waals surface area contributed by atoms with Crippen LogP contribution in [0.25, 0.3) is 0 Å². The van der Waals surface area contributed by atoms with Crippen LogP contribution in [0.5, 0.6) is 0 Å². The molecule has 0 aliphatic heterocycles. The first-order valence-electron chi connectivity index (χ1n) is 9.06. The Hall–Kier alpha value is -2.34. The van der Waals surface area contributed by atoms with Gasteiger partial charge in [0.2, 0.25) is 0 Å². The van der Waals surface area contributed by atoms with Crippen LogP contribution in [0.1, 0.15) is 45.2 Å². The topological polar surface area (TPSA) is 72.5 Å². The van der Waals surface area contributed by atoms with E-state index in [1.54, 1.807) is 43.3 Å². The zero-order valence-electron chi connectivity index (χ0n) is 16.3. The SMILES string of the molecule is CCOC(=O)Cc1ccc(NS(=O)(=O)c2ccc(C(C)(C)CC)cc2)cc1. The van der Waals surface area contributed by atoms with Crippen LogP contribution < -0.4 is 4.72 Å². The Morgan fingerprint density at radius 2 is 1.59 bits per heavy atom. The van der Waals surface area contributed by atoms with Gasteiger partial charge in [-0.1, -0.05) is 45.0 Å². The number of benzene rings is 2. The quantitative estimate of drug-likeness (QED) is 0.684. The number of anilines is 1. The number of hydrogen-bond donors (Lipinski definition) is 1. The van der Waals surface area contributed by atoms with Crippen molar-refractivity contribution in [3.63, 3.8) is 0 Å². The van der Waals surface area contributed by atoms with E-state index in [-0.39, 0.29) is 22.7 Å². The van der Waals surface area contributed by atoms with Crippen molar-refractivity contribution in [2.75, 3.05) is 11.3 Å². The molecule has 0 amide bonds. The fourth-order valence-electron chi connectivity index (χ4n) is 2.57. The molecule has 0 radical (unpaired) electrons. The summed E-state index contributed by atoms with van der Waals surface area (Å²) in [5.74, 6) is -0.305. The number of sulfonamides is 1. The normalized spacial score (nSPS) is 11.9. The molecule has 6 heteroatoms. The maximum atomic E-state index is 12.6. The van der Waals surface area contributed by atoms with Gasteiger partial charge in [-0.2, -0.15) is 0 Å². The van der Waals surface area contributed by atoms with Crippen LogP contribution in [-0.2, 0) is 31.4 Å². The molecule has 0 saturated heterocycles. The van der Waals surface area contributed by atoms with E-state index in [2.05, 4.69) is 25.5 Å².